The first kappa shape index (κ1) is 14.5. The van der Waals surface area contributed by atoms with Gasteiger partial charge < -0.3 is 10.4 Å². The van der Waals surface area contributed by atoms with E-state index in [1.807, 2.05) is 6.92 Å². The molecule has 2 unspecified atom stereocenters. The highest BCUT2D eigenvalue weighted by atomic mass is 16.4. The summed E-state index contributed by atoms with van der Waals surface area (Å²) in [6.07, 6.45) is 4.72. The third-order valence-electron chi connectivity index (χ3n) is 4.23. The summed E-state index contributed by atoms with van der Waals surface area (Å²) in [6, 6.07) is 0. The van der Waals surface area contributed by atoms with E-state index in [0.717, 1.165) is 38.6 Å². The molecule has 1 saturated carbocycles. The molecule has 1 fully saturated rings. The molecule has 2 N–H and O–H groups in total. The van der Waals surface area contributed by atoms with Crippen LogP contribution in [0.4, 0.5) is 0 Å². The van der Waals surface area contributed by atoms with E-state index in [4.69, 9.17) is 0 Å². The molecule has 3 heteroatoms. The maximum Gasteiger partial charge on any atom is 0.323 e. The van der Waals surface area contributed by atoms with Crippen molar-refractivity contribution in [3.63, 3.8) is 0 Å². The average Bonchev–Trinajstić information content (AvgIpc) is 2.41. The molecule has 17 heavy (non-hydrogen) atoms. The molecule has 0 spiro atoms. The van der Waals surface area contributed by atoms with Gasteiger partial charge in [-0.15, -0.1) is 0 Å². The van der Waals surface area contributed by atoms with Crippen LogP contribution in [0.25, 0.3) is 0 Å². The van der Waals surface area contributed by atoms with Gasteiger partial charge in [0.1, 0.15) is 5.54 Å². The Morgan fingerprint density at radius 2 is 2.00 bits per heavy atom. The second-order valence-corrected chi connectivity index (χ2v) is 6.41. The molecule has 0 aromatic rings. The molecule has 0 saturated heterocycles. The predicted octanol–water partition coefficient (Wildman–Crippen LogP) is 3.05. The number of hydrogen-bond donors (Lipinski definition) is 2. The minimum Gasteiger partial charge on any atom is -0.480 e. The van der Waals surface area contributed by atoms with Gasteiger partial charge in [-0.1, -0.05) is 34.1 Å². The Morgan fingerprint density at radius 3 is 2.47 bits per heavy atom. The summed E-state index contributed by atoms with van der Waals surface area (Å²) in [5, 5.41) is 12.7. The Balaban J connectivity index is 2.77. The lowest BCUT2D eigenvalue weighted by atomic mass is 9.76. The fourth-order valence-electron chi connectivity index (χ4n) is 3.01. The molecule has 0 aromatic heterocycles. The number of aliphatic carboxylic acids is 1. The topological polar surface area (TPSA) is 49.3 Å². The SMILES string of the molecule is CCNC1(C(=O)O)CCCC(C(C)(C)C)CC1. The van der Waals surface area contributed by atoms with Gasteiger partial charge in [-0.05, 0) is 43.6 Å². The van der Waals surface area contributed by atoms with Crippen LogP contribution in [0.15, 0.2) is 0 Å². The molecule has 3 nitrogen and oxygen atoms in total. The molecule has 0 aliphatic heterocycles. The van der Waals surface area contributed by atoms with E-state index in [-0.39, 0.29) is 0 Å². The van der Waals surface area contributed by atoms with Crippen LogP contribution in [0.1, 0.15) is 59.8 Å². The smallest absolute Gasteiger partial charge is 0.323 e. The fourth-order valence-corrected chi connectivity index (χ4v) is 3.01. The maximum absolute atomic E-state index is 11.5. The lowest BCUT2D eigenvalue weighted by Crippen LogP contribution is -2.51. The van der Waals surface area contributed by atoms with Crippen LogP contribution in [0.2, 0.25) is 0 Å². The zero-order valence-corrected chi connectivity index (χ0v) is 11.7. The fraction of sp³-hybridized carbons (Fsp3) is 0.929. The van der Waals surface area contributed by atoms with Crippen molar-refractivity contribution in [1.29, 1.82) is 0 Å². The van der Waals surface area contributed by atoms with Gasteiger partial charge in [-0.3, -0.25) is 4.79 Å². The molecule has 0 aromatic carbocycles. The summed E-state index contributed by atoms with van der Waals surface area (Å²) in [5.41, 5.74) is -0.379. The van der Waals surface area contributed by atoms with Crippen LogP contribution in [-0.2, 0) is 4.79 Å². The number of carbonyl (C=O) groups is 1. The molecule has 0 radical (unpaired) electrons. The quantitative estimate of drug-likeness (QED) is 0.747. The van der Waals surface area contributed by atoms with E-state index < -0.39 is 11.5 Å². The van der Waals surface area contributed by atoms with Crippen molar-refractivity contribution in [3.8, 4) is 0 Å². The van der Waals surface area contributed by atoms with Crippen molar-refractivity contribution >= 4 is 5.97 Å². The number of nitrogens with one attached hydrogen (secondary N) is 1. The van der Waals surface area contributed by atoms with Crippen LogP contribution in [0.3, 0.4) is 0 Å². The first-order valence-corrected chi connectivity index (χ1v) is 6.80. The van der Waals surface area contributed by atoms with Crippen molar-refractivity contribution < 1.29 is 9.90 Å². The van der Waals surface area contributed by atoms with E-state index >= 15 is 0 Å². The number of hydrogen-bond acceptors (Lipinski definition) is 2. The van der Waals surface area contributed by atoms with Crippen molar-refractivity contribution in [2.24, 2.45) is 11.3 Å². The summed E-state index contributed by atoms with van der Waals surface area (Å²) in [5.74, 6) is -0.0312. The monoisotopic (exact) mass is 241 g/mol. The molecule has 0 heterocycles. The van der Waals surface area contributed by atoms with Gasteiger partial charge in [0, 0.05) is 0 Å². The van der Waals surface area contributed by atoms with Gasteiger partial charge in [0.2, 0.25) is 0 Å². The number of carboxylic acid groups (broad SMARTS) is 1. The van der Waals surface area contributed by atoms with Crippen LogP contribution < -0.4 is 5.32 Å². The Kier molecular flexibility index (Phi) is 4.59. The number of likely N-dealkylation sites (N-methyl/N-ethyl adjacent to an activating group) is 1. The molecule has 100 valence electrons. The predicted molar refractivity (Wildman–Crippen MR) is 70.1 cm³/mol. The average molecular weight is 241 g/mol. The van der Waals surface area contributed by atoms with E-state index in [1.165, 1.54) is 0 Å². The number of carboxylic acids is 1. The van der Waals surface area contributed by atoms with E-state index in [1.54, 1.807) is 0 Å². The van der Waals surface area contributed by atoms with Crippen LogP contribution in [-0.4, -0.2) is 23.2 Å². The van der Waals surface area contributed by atoms with Gasteiger partial charge in [0.25, 0.3) is 0 Å². The normalized spacial score (nSPS) is 30.9. The van der Waals surface area contributed by atoms with Gasteiger partial charge in [-0.25, -0.2) is 0 Å². The zero-order chi connectivity index (χ0) is 13.1. The van der Waals surface area contributed by atoms with E-state index in [9.17, 15) is 9.90 Å². The Hall–Kier alpha value is -0.570. The van der Waals surface area contributed by atoms with Gasteiger partial charge in [0.15, 0.2) is 0 Å². The third kappa shape index (κ3) is 3.44. The Labute approximate surface area is 105 Å². The third-order valence-corrected chi connectivity index (χ3v) is 4.23. The van der Waals surface area contributed by atoms with E-state index in [2.05, 4.69) is 26.1 Å². The maximum atomic E-state index is 11.5. The highest BCUT2D eigenvalue weighted by molar-refractivity contribution is 5.78. The first-order valence-electron chi connectivity index (χ1n) is 6.80. The van der Waals surface area contributed by atoms with Gasteiger partial charge in [-0.2, -0.15) is 0 Å². The van der Waals surface area contributed by atoms with E-state index in [0.29, 0.717) is 11.3 Å². The summed E-state index contributed by atoms with van der Waals surface area (Å²) >= 11 is 0. The zero-order valence-electron chi connectivity index (χ0n) is 11.7. The Morgan fingerprint density at radius 1 is 1.35 bits per heavy atom. The van der Waals surface area contributed by atoms with Crippen molar-refractivity contribution in [3.05, 3.63) is 0 Å². The Bertz CT molecular complexity index is 270. The molecule has 1 aliphatic carbocycles. The lowest BCUT2D eigenvalue weighted by Gasteiger charge is -2.31. The second-order valence-electron chi connectivity index (χ2n) is 6.41. The molecule has 2 atom stereocenters. The summed E-state index contributed by atoms with van der Waals surface area (Å²) in [6.45, 7) is 9.50. The van der Waals surface area contributed by atoms with Crippen molar-refractivity contribution in [2.45, 2.75) is 65.3 Å². The summed E-state index contributed by atoms with van der Waals surface area (Å²) < 4.78 is 0. The minimum atomic E-state index is -0.672. The largest absolute Gasteiger partial charge is 0.480 e. The lowest BCUT2D eigenvalue weighted by molar-refractivity contribution is -0.145. The number of rotatable bonds is 3. The van der Waals surface area contributed by atoms with Crippen molar-refractivity contribution in [1.82, 2.24) is 5.32 Å². The summed E-state index contributed by atoms with van der Waals surface area (Å²) in [7, 11) is 0. The standard InChI is InChI=1S/C14H27NO2/c1-5-15-14(12(16)17)9-6-7-11(8-10-14)13(2,3)4/h11,15H,5-10H2,1-4H3,(H,16,17). The highest BCUT2D eigenvalue weighted by Gasteiger charge is 2.41. The van der Waals surface area contributed by atoms with Gasteiger partial charge >= 0.3 is 5.97 Å². The molecule has 1 rings (SSSR count). The minimum absolute atomic E-state index is 0.292. The molecule has 0 amide bonds. The highest BCUT2D eigenvalue weighted by Crippen LogP contribution is 2.39. The van der Waals surface area contributed by atoms with Gasteiger partial charge in [0.05, 0.1) is 0 Å². The van der Waals surface area contributed by atoms with Crippen LogP contribution in [0, 0.1) is 11.3 Å². The molecule has 1 aliphatic rings. The second kappa shape index (κ2) is 5.38. The molecular weight excluding hydrogens is 214 g/mol. The first-order chi connectivity index (χ1) is 7.82. The van der Waals surface area contributed by atoms with Crippen LogP contribution in [0.5, 0.6) is 0 Å². The van der Waals surface area contributed by atoms with Crippen molar-refractivity contribution in [2.75, 3.05) is 6.54 Å². The molecule has 0 bridgehead atoms. The van der Waals surface area contributed by atoms with Crippen LogP contribution >= 0.6 is 0 Å². The molecular formula is C14H27NO2. The summed E-state index contributed by atoms with van der Waals surface area (Å²) in [4.78, 5) is 11.5.